The standard InChI is InChI=1S/C14H18ClFN4/c1-2-5-20-9-10(8-18-20)14(7-17)19-13-6-11(16)3-4-12(13)15/h3-4,6,8-9,14,19H,2,5,7,17H2,1H3. The third kappa shape index (κ3) is 3.49. The zero-order valence-corrected chi connectivity index (χ0v) is 12.1. The van der Waals surface area contributed by atoms with Crippen molar-refractivity contribution in [3.63, 3.8) is 0 Å². The molecule has 6 heteroatoms. The molecule has 0 spiro atoms. The van der Waals surface area contributed by atoms with Gasteiger partial charge >= 0.3 is 0 Å². The molecule has 1 aromatic carbocycles. The van der Waals surface area contributed by atoms with Gasteiger partial charge in [0.1, 0.15) is 5.82 Å². The van der Waals surface area contributed by atoms with Gasteiger partial charge in [0.05, 0.1) is 22.9 Å². The van der Waals surface area contributed by atoms with Crippen molar-refractivity contribution in [2.45, 2.75) is 25.9 Å². The quantitative estimate of drug-likeness (QED) is 0.861. The second-order valence-electron chi connectivity index (χ2n) is 4.59. The van der Waals surface area contributed by atoms with Crippen LogP contribution in [0.5, 0.6) is 0 Å². The van der Waals surface area contributed by atoms with Gasteiger partial charge in [0, 0.05) is 24.8 Å². The average Bonchev–Trinajstić information content (AvgIpc) is 2.88. The molecule has 3 N–H and O–H groups in total. The molecule has 0 bridgehead atoms. The number of hydrogen-bond donors (Lipinski definition) is 2. The maximum Gasteiger partial charge on any atom is 0.125 e. The lowest BCUT2D eigenvalue weighted by molar-refractivity contribution is 0.601. The first-order valence-corrected chi connectivity index (χ1v) is 6.95. The van der Waals surface area contributed by atoms with Gasteiger partial charge in [0.2, 0.25) is 0 Å². The fourth-order valence-corrected chi connectivity index (χ4v) is 2.16. The highest BCUT2D eigenvalue weighted by Gasteiger charge is 2.13. The Labute approximate surface area is 122 Å². The van der Waals surface area contributed by atoms with Gasteiger partial charge in [-0.2, -0.15) is 5.10 Å². The van der Waals surface area contributed by atoms with E-state index in [0.717, 1.165) is 18.5 Å². The fraction of sp³-hybridized carbons (Fsp3) is 0.357. The van der Waals surface area contributed by atoms with Crippen molar-refractivity contribution >= 4 is 17.3 Å². The van der Waals surface area contributed by atoms with Crippen molar-refractivity contribution in [3.8, 4) is 0 Å². The summed E-state index contributed by atoms with van der Waals surface area (Å²) in [6, 6.07) is 4.05. The smallest absolute Gasteiger partial charge is 0.125 e. The number of aryl methyl sites for hydroxylation is 1. The van der Waals surface area contributed by atoms with Gasteiger partial charge in [-0.3, -0.25) is 4.68 Å². The lowest BCUT2D eigenvalue weighted by atomic mass is 10.1. The summed E-state index contributed by atoms with van der Waals surface area (Å²) in [6.07, 6.45) is 4.73. The monoisotopic (exact) mass is 296 g/mol. The molecule has 2 aromatic rings. The van der Waals surface area contributed by atoms with E-state index in [2.05, 4.69) is 17.3 Å². The Morgan fingerprint density at radius 2 is 2.30 bits per heavy atom. The number of halogens is 2. The van der Waals surface area contributed by atoms with Gasteiger partial charge in [0.25, 0.3) is 0 Å². The van der Waals surface area contributed by atoms with Crippen LogP contribution in [0.2, 0.25) is 5.02 Å². The van der Waals surface area contributed by atoms with Crippen LogP contribution in [0.1, 0.15) is 24.9 Å². The first-order chi connectivity index (χ1) is 9.63. The van der Waals surface area contributed by atoms with Crippen LogP contribution in [-0.4, -0.2) is 16.3 Å². The van der Waals surface area contributed by atoms with E-state index in [9.17, 15) is 4.39 Å². The molecule has 0 aliphatic carbocycles. The molecule has 0 aliphatic rings. The molecular formula is C14H18ClFN4. The number of benzene rings is 1. The molecular weight excluding hydrogens is 279 g/mol. The molecule has 4 nitrogen and oxygen atoms in total. The molecule has 1 aromatic heterocycles. The Morgan fingerprint density at radius 3 is 3.00 bits per heavy atom. The molecule has 0 saturated carbocycles. The number of anilines is 1. The minimum Gasteiger partial charge on any atom is -0.376 e. The van der Waals surface area contributed by atoms with Gasteiger partial charge in [-0.1, -0.05) is 18.5 Å². The van der Waals surface area contributed by atoms with E-state index in [4.69, 9.17) is 17.3 Å². The Kier molecular flexibility index (Phi) is 4.98. The van der Waals surface area contributed by atoms with E-state index in [-0.39, 0.29) is 11.9 Å². The second-order valence-corrected chi connectivity index (χ2v) is 5.00. The van der Waals surface area contributed by atoms with E-state index in [1.54, 1.807) is 6.20 Å². The highest BCUT2D eigenvalue weighted by atomic mass is 35.5. The molecule has 2 rings (SSSR count). The fourth-order valence-electron chi connectivity index (χ4n) is 1.99. The molecule has 0 radical (unpaired) electrons. The predicted molar refractivity (Wildman–Crippen MR) is 79.3 cm³/mol. The maximum atomic E-state index is 13.3. The van der Waals surface area contributed by atoms with Crippen molar-refractivity contribution in [1.29, 1.82) is 0 Å². The normalized spacial score (nSPS) is 12.4. The Balaban J connectivity index is 2.17. The van der Waals surface area contributed by atoms with Crippen LogP contribution in [-0.2, 0) is 6.54 Å². The zero-order chi connectivity index (χ0) is 14.5. The first kappa shape index (κ1) is 14.8. The van der Waals surface area contributed by atoms with E-state index < -0.39 is 0 Å². The molecule has 0 fully saturated rings. The SMILES string of the molecule is CCCn1cc(C(CN)Nc2cc(F)ccc2Cl)cn1. The summed E-state index contributed by atoms with van der Waals surface area (Å²) in [6.45, 7) is 3.31. The number of rotatable bonds is 6. The number of nitrogens with one attached hydrogen (secondary N) is 1. The van der Waals surface area contributed by atoms with Gasteiger partial charge in [-0.15, -0.1) is 0 Å². The van der Waals surface area contributed by atoms with Crippen molar-refractivity contribution in [1.82, 2.24) is 9.78 Å². The van der Waals surface area contributed by atoms with Gasteiger partial charge in [-0.25, -0.2) is 4.39 Å². The number of nitrogens with zero attached hydrogens (tertiary/aromatic N) is 2. The predicted octanol–water partition coefficient (Wildman–Crippen LogP) is 3.20. The minimum absolute atomic E-state index is 0.153. The van der Waals surface area contributed by atoms with Crippen molar-refractivity contribution in [2.75, 3.05) is 11.9 Å². The third-order valence-electron chi connectivity index (χ3n) is 3.00. The highest BCUT2D eigenvalue weighted by molar-refractivity contribution is 6.33. The molecule has 1 atom stereocenters. The molecule has 0 aliphatic heterocycles. The largest absolute Gasteiger partial charge is 0.376 e. The summed E-state index contributed by atoms with van der Waals surface area (Å²) >= 11 is 6.05. The van der Waals surface area contributed by atoms with Crippen molar-refractivity contribution in [3.05, 3.63) is 47.0 Å². The summed E-state index contributed by atoms with van der Waals surface area (Å²) in [5.41, 5.74) is 7.28. The summed E-state index contributed by atoms with van der Waals surface area (Å²) in [7, 11) is 0. The van der Waals surface area contributed by atoms with Crippen LogP contribution < -0.4 is 11.1 Å². The van der Waals surface area contributed by atoms with Crippen molar-refractivity contribution < 1.29 is 4.39 Å². The first-order valence-electron chi connectivity index (χ1n) is 6.58. The topological polar surface area (TPSA) is 55.9 Å². The van der Waals surface area contributed by atoms with E-state index in [1.165, 1.54) is 18.2 Å². The Bertz CT molecular complexity index is 570. The van der Waals surface area contributed by atoms with Crippen LogP contribution in [0.25, 0.3) is 0 Å². The van der Waals surface area contributed by atoms with E-state index in [0.29, 0.717) is 17.3 Å². The number of hydrogen-bond acceptors (Lipinski definition) is 3. The zero-order valence-electron chi connectivity index (χ0n) is 11.3. The average molecular weight is 297 g/mol. The molecule has 1 unspecified atom stereocenters. The molecule has 0 saturated heterocycles. The van der Waals surface area contributed by atoms with Crippen LogP contribution in [0.4, 0.5) is 10.1 Å². The summed E-state index contributed by atoms with van der Waals surface area (Å²) in [5, 5.41) is 7.89. The third-order valence-corrected chi connectivity index (χ3v) is 3.33. The van der Waals surface area contributed by atoms with E-state index in [1.807, 2.05) is 10.9 Å². The second kappa shape index (κ2) is 6.72. The lowest BCUT2D eigenvalue weighted by Crippen LogP contribution is -2.20. The summed E-state index contributed by atoms with van der Waals surface area (Å²) in [5.74, 6) is -0.339. The van der Waals surface area contributed by atoms with Gasteiger partial charge < -0.3 is 11.1 Å². The minimum atomic E-state index is -0.339. The van der Waals surface area contributed by atoms with Crippen LogP contribution in [0.3, 0.4) is 0 Å². The maximum absolute atomic E-state index is 13.3. The Hall–Kier alpha value is -1.59. The summed E-state index contributed by atoms with van der Waals surface area (Å²) in [4.78, 5) is 0. The van der Waals surface area contributed by atoms with Crippen molar-refractivity contribution in [2.24, 2.45) is 5.73 Å². The molecule has 0 amide bonds. The van der Waals surface area contributed by atoms with Crippen LogP contribution >= 0.6 is 11.6 Å². The van der Waals surface area contributed by atoms with E-state index >= 15 is 0 Å². The summed E-state index contributed by atoms with van der Waals surface area (Å²) < 4.78 is 15.1. The molecule has 1 heterocycles. The molecule has 20 heavy (non-hydrogen) atoms. The number of aromatic nitrogens is 2. The Morgan fingerprint density at radius 1 is 1.50 bits per heavy atom. The highest BCUT2D eigenvalue weighted by Crippen LogP contribution is 2.26. The molecule has 108 valence electrons. The van der Waals surface area contributed by atoms with Gasteiger partial charge in [-0.05, 0) is 24.6 Å². The lowest BCUT2D eigenvalue weighted by Gasteiger charge is -2.17. The van der Waals surface area contributed by atoms with Crippen LogP contribution in [0, 0.1) is 5.82 Å². The van der Waals surface area contributed by atoms with Crippen LogP contribution in [0.15, 0.2) is 30.6 Å². The number of nitrogens with two attached hydrogens (primary N) is 1. The van der Waals surface area contributed by atoms with Gasteiger partial charge in [0.15, 0.2) is 0 Å².